The van der Waals surface area contributed by atoms with Crippen LogP contribution in [-0.4, -0.2) is 19.6 Å². The molecule has 1 amide bonds. The SMILES string of the molecule is COc1cccc(C(=O)NCC(C)(C)c2ccccc2F)c1. The molecule has 116 valence electrons. The standard InChI is InChI=1S/C18H20FNO2/c1-18(2,15-9-4-5-10-16(15)19)12-20-17(21)13-7-6-8-14(11-13)22-3/h4-11H,12H2,1-3H3,(H,20,21). The Labute approximate surface area is 130 Å². The van der Waals surface area contributed by atoms with Gasteiger partial charge in [-0.3, -0.25) is 4.79 Å². The van der Waals surface area contributed by atoms with Gasteiger partial charge in [0.1, 0.15) is 11.6 Å². The molecule has 3 nitrogen and oxygen atoms in total. The zero-order chi connectivity index (χ0) is 16.2. The van der Waals surface area contributed by atoms with Gasteiger partial charge in [0.05, 0.1) is 7.11 Å². The van der Waals surface area contributed by atoms with E-state index in [2.05, 4.69) is 5.32 Å². The molecule has 0 aliphatic heterocycles. The lowest BCUT2D eigenvalue weighted by atomic mass is 9.84. The number of ether oxygens (including phenoxy) is 1. The number of halogens is 1. The van der Waals surface area contributed by atoms with Gasteiger partial charge in [-0.25, -0.2) is 4.39 Å². The average Bonchev–Trinajstić information content (AvgIpc) is 2.53. The first-order valence-corrected chi connectivity index (χ1v) is 7.11. The monoisotopic (exact) mass is 301 g/mol. The molecule has 0 heterocycles. The molecule has 0 fully saturated rings. The Morgan fingerprint density at radius 3 is 2.59 bits per heavy atom. The molecule has 2 aromatic rings. The van der Waals surface area contributed by atoms with Crippen LogP contribution in [0.3, 0.4) is 0 Å². The van der Waals surface area contributed by atoms with Crippen LogP contribution in [0.5, 0.6) is 5.75 Å². The molecule has 0 spiro atoms. The molecular formula is C18H20FNO2. The number of amides is 1. The highest BCUT2D eigenvalue weighted by Crippen LogP contribution is 2.25. The maximum Gasteiger partial charge on any atom is 0.251 e. The van der Waals surface area contributed by atoms with Crippen molar-refractivity contribution in [1.82, 2.24) is 5.32 Å². The third-order valence-electron chi connectivity index (χ3n) is 3.63. The van der Waals surface area contributed by atoms with Crippen LogP contribution in [0.2, 0.25) is 0 Å². The van der Waals surface area contributed by atoms with Gasteiger partial charge in [0.25, 0.3) is 5.91 Å². The minimum atomic E-state index is -0.500. The molecule has 0 saturated heterocycles. The lowest BCUT2D eigenvalue weighted by molar-refractivity contribution is 0.0945. The first kappa shape index (κ1) is 16.0. The minimum Gasteiger partial charge on any atom is -0.497 e. The Balaban J connectivity index is 2.08. The lowest BCUT2D eigenvalue weighted by Crippen LogP contribution is -2.37. The predicted molar refractivity (Wildman–Crippen MR) is 84.8 cm³/mol. The van der Waals surface area contributed by atoms with Gasteiger partial charge in [0.2, 0.25) is 0 Å². The van der Waals surface area contributed by atoms with Crippen molar-refractivity contribution >= 4 is 5.91 Å². The normalized spacial score (nSPS) is 11.1. The highest BCUT2D eigenvalue weighted by atomic mass is 19.1. The summed E-state index contributed by atoms with van der Waals surface area (Å²) in [5.41, 5.74) is 0.601. The van der Waals surface area contributed by atoms with Crippen LogP contribution in [0.1, 0.15) is 29.8 Å². The van der Waals surface area contributed by atoms with Crippen molar-refractivity contribution < 1.29 is 13.9 Å². The molecule has 0 radical (unpaired) electrons. The smallest absolute Gasteiger partial charge is 0.251 e. The molecule has 0 aliphatic rings. The fourth-order valence-electron chi connectivity index (χ4n) is 2.27. The Morgan fingerprint density at radius 2 is 1.91 bits per heavy atom. The van der Waals surface area contributed by atoms with E-state index in [1.165, 1.54) is 6.07 Å². The predicted octanol–water partition coefficient (Wildman–Crippen LogP) is 3.54. The van der Waals surface area contributed by atoms with E-state index in [-0.39, 0.29) is 11.7 Å². The number of rotatable bonds is 5. The van der Waals surface area contributed by atoms with Crippen LogP contribution in [0.25, 0.3) is 0 Å². The fraction of sp³-hybridized carbons (Fsp3) is 0.278. The number of benzene rings is 2. The molecule has 0 saturated carbocycles. The number of hydrogen-bond acceptors (Lipinski definition) is 2. The van der Waals surface area contributed by atoms with Crippen molar-refractivity contribution in [2.24, 2.45) is 0 Å². The van der Waals surface area contributed by atoms with Gasteiger partial charge in [-0.15, -0.1) is 0 Å². The van der Waals surface area contributed by atoms with E-state index in [0.29, 0.717) is 23.4 Å². The molecule has 2 rings (SSSR count). The number of nitrogens with one attached hydrogen (secondary N) is 1. The Kier molecular flexibility index (Phi) is 4.81. The average molecular weight is 301 g/mol. The highest BCUT2D eigenvalue weighted by molar-refractivity contribution is 5.94. The van der Waals surface area contributed by atoms with Crippen LogP contribution >= 0.6 is 0 Å². The van der Waals surface area contributed by atoms with Crippen molar-refractivity contribution in [2.75, 3.05) is 13.7 Å². The van der Waals surface area contributed by atoms with Crippen LogP contribution in [0.15, 0.2) is 48.5 Å². The summed E-state index contributed by atoms with van der Waals surface area (Å²) in [6, 6.07) is 13.6. The van der Waals surface area contributed by atoms with Gasteiger partial charge in [-0.05, 0) is 29.8 Å². The van der Waals surface area contributed by atoms with E-state index < -0.39 is 5.41 Å². The summed E-state index contributed by atoms with van der Waals surface area (Å²) < 4.78 is 19.0. The molecule has 1 N–H and O–H groups in total. The topological polar surface area (TPSA) is 38.3 Å². The first-order chi connectivity index (χ1) is 10.4. The summed E-state index contributed by atoms with van der Waals surface area (Å²) >= 11 is 0. The second-order valence-electron chi connectivity index (χ2n) is 5.78. The van der Waals surface area contributed by atoms with Gasteiger partial charge in [-0.2, -0.15) is 0 Å². The van der Waals surface area contributed by atoms with E-state index >= 15 is 0 Å². The quantitative estimate of drug-likeness (QED) is 0.917. The highest BCUT2D eigenvalue weighted by Gasteiger charge is 2.24. The van der Waals surface area contributed by atoms with Crippen molar-refractivity contribution in [2.45, 2.75) is 19.3 Å². The molecule has 0 aromatic heterocycles. The summed E-state index contributed by atoms with van der Waals surface area (Å²) in [6.07, 6.45) is 0. The Morgan fingerprint density at radius 1 is 1.18 bits per heavy atom. The molecule has 0 atom stereocenters. The second kappa shape index (κ2) is 6.60. The number of methoxy groups -OCH3 is 1. The van der Waals surface area contributed by atoms with Crippen molar-refractivity contribution in [1.29, 1.82) is 0 Å². The van der Waals surface area contributed by atoms with Gasteiger partial charge < -0.3 is 10.1 Å². The maximum atomic E-state index is 13.9. The summed E-state index contributed by atoms with van der Waals surface area (Å²) in [4.78, 5) is 12.2. The van der Waals surface area contributed by atoms with Crippen LogP contribution in [0.4, 0.5) is 4.39 Å². The summed E-state index contributed by atoms with van der Waals surface area (Å²) in [6.45, 7) is 4.14. The summed E-state index contributed by atoms with van der Waals surface area (Å²) in [5, 5.41) is 2.86. The summed E-state index contributed by atoms with van der Waals surface area (Å²) in [5.74, 6) is 0.160. The van der Waals surface area contributed by atoms with E-state index in [0.717, 1.165) is 0 Å². The maximum absolute atomic E-state index is 13.9. The molecular weight excluding hydrogens is 281 g/mol. The minimum absolute atomic E-state index is 0.205. The summed E-state index contributed by atoms with van der Waals surface area (Å²) in [7, 11) is 1.55. The van der Waals surface area contributed by atoms with Crippen molar-refractivity contribution in [3.8, 4) is 5.75 Å². The lowest BCUT2D eigenvalue weighted by Gasteiger charge is -2.26. The molecule has 0 bridgehead atoms. The first-order valence-electron chi connectivity index (χ1n) is 7.11. The van der Waals surface area contributed by atoms with E-state index in [9.17, 15) is 9.18 Å². The van der Waals surface area contributed by atoms with E-state index in [1.54, 1.807) is 49.6 Å². The van der Waals surface area contributed by atoms with Crippen LogP contribution < -0.4 is 10.1 Å². The Bertz CT molecular complexity index is 668. The number of hydrogen-bond donors (Lipinski definition) is 1. The van der Waals surface area contributed by atoms with Crippen molar-refractivity contribution in [3.05, 3.63) is 65.5 Å². The molecule has 22 heavy (non-hydrogen) atoms. The molecule has 4 heteroatoms. The van der Waals surface area contributed by atoms with Gasteiger partial charge in [0.15, 0.2) is 0 Å². The third kappa shape index (κ3) is 3.64. The van der Waals surface area contributed by atoms with Crippen LogP contribution in [0, 0.1) is 5.82 Å². The Hall–Kier alpha value is -2.36. The van der Waals surface area contributed by atoms with E-state index in [1.807, 2.05) is 13.8 Å². The molecule has 0 unspecified atom stereocenters. The van der Waals surface area contributed by atoms with Gasteiger partial charge in [-0.1, -0.05) is 38.1 Å². The fourth-order valence-corrected chi connectivity index (χ4v) is 2.27. The zero-order valence-electron chi connectivity index (χ0n) is 13.0. The zero-order valence-corrected chi connectivity index (χ0v) is 13.0. The number of carbonyl (C=O) groups is 1. The van der Waals surface area contributed by atoms with Gasteiger partial charge in [0, 0.05) is 17.5 Å². The van der Waals surface area contributed by atoms with Crippen LogP contribution in [-0.2, 0) is 5.41 Å². The molecule has 2 aromatic carbocycles. The third-order valence-corrected chi connectivity index (χ3v) is 3.63. The van der Waals surface area contributed by atoms with Crippen molar-refractivity contribution in [3.63, 3.8) is 0 Å². The largest absolute Gasteiger partial charge is 0.497 e. The van der Waals surface area contributed by atoms with E-state index in [4.69, 9.17) is 4.74 Å². The van der Waals surface area contributed by atoms with Gasteiger partial charge >= 0.3 is 0 Å². The number of carbonyl (C=O) groups excluding carboxylic acids is 1. The molecule has 0 aliphatic carbocycles. The second-order valence-corrected chi connectivity index (χ2v) is 5.78.